The molecule has 4 rings (SSSR count). The standard InChI is InChI=1S/C24H24N2O3/c1-3-24(27)26-18-8-9-19(26)14-21(13-18)29-20-11-16(15-25)10-17(12-20)22-6-4-5-7-23(22)28-2/h3-7,10-12,18-19,21H,1,8-9,13-14H2,2H3/t18-,19+,21+. The van der Waals surface area contributed by atoms with Crippen molar-refractivity contribution in [3.05, 3.63) is 60.7 Å². The van der Waals surface area contributed by atoms with Gasteiger partial charge in [-0.2, -0.15) is 5.26 Å². The number of piperidine rings is 1. The number of nitriles is 1. The van der Waals surface area contributed by atoms with Crippen molar-refractivity contribution in [1.82, 2.24) is 4.90 Å². The van der Waals surface area contributed by atoms with Gasteiger partial charge in [-0.1, -0.05) is 24.8 Å². The first-order valence-corrected chi connectivity index (χ1v) is 9.93. The number of fused-ring (bicyclic) bond motifs is 2. The predicted molar refractivity (Wildman–Crippen MR) is 111 cm³/mol. The number of carbonyl (C=O) groups is 1. The first-order chi connectivity index (χ1) is 14.1. The van der Waals surface area contributed by atoms with Crippen LogP contribution in [-0.2, 0) is 4.79 Å². The van der Waals surface area contributed by atoms with Gasteiger partial charge in [0.25, 0.3) is 0 Å². The first-order valence-electron chi connectivity index (χ1n) is 9.93. The lowest BCUT2D eigenvalue weighted by atomic mass is 9.99. The molecule has 2 aliphatic rings. The number of rotatable bonds is 5. The van der Waals surface area contributed by atoms with E-state index in [4.69, 9.17) is 9.47 Å². The maximum Gasteiger partial charge on any atom is 0.246 e. The highest BCUT2D eigenvalue weighted by molar-refractivity contribution is 5.87. The molecule has 1 amide bonds. The third-order valence-corrected chi connectivity index (χ3v) is 5.88. The second-order valence-corrected chi connectivity index (χ2v) is 7.60. The number of hydrogen-bond donors (Lipinski definition) is 0. The number of carbonyl (C=O) groups excluding carboxylic acids is 1. The molecule has 0 aliphatic carbocycles. The van der Waals surface area contributed by atoms with E-state index >= 15 is 0 Å². The molecule has 3 atom stereocenters. The van der Waals surface area contributed by atoms with Gasteiger partial charge >= 0.3 is 0 Å². The number of hydrogen-bond acceptors (Lipinski definition) is 4. The lowest BCUT2D eigenvalue weighted by Crippen LogP contribution is -2.48. The molecule has 148 valence electrons. The molecule has 0 N–H and O–H groups in total. The molecule has 2 aromatic rings. The van der Waals surface area contributed by atoms with Gasteiger partial charge in [0.1, 0.15) is 17.6 Å². The Balaban J connectivity index is 1.58. The van der Waals surface area contributed by atoms with Crippen molar-refractivity contribution in [3.8, 4) is 28.7 Å². The van der Waals surface area contributed by atoms with Gasteiger partial charge in [0.05, 0.1) is 18.7 Å². The molecular weight excluding hydrogens is 364 g/mol. The highest BCUT2D eigenvalue weighted by Gasteiger charge is 2.43. The van der Waals surface area contributed by atoms with Gasteiger partial charge in [-0.3, -0.25) is 4.79 Å². The lowest BCUT2D eigenvalue weighted by Gasteiger charge is -2.38. The van der Waals surface area contributed by atoms with Gasteiger partial charge in [0, 0.05) is 30.5 Å². The second kappa shape index (κ2) is 8.00. The summed E-state index contributed by atoms with van der Waals surface area (Å²) >= 11 is 0. The van der Waals surface area contributed by atoms with Crippen LogP contribution in [0.4, 0.5) is 0 Å². The lowest BCUT2D eigenvalue weighted by molar-refractivity contribution is -0.131. The van der Waals surface area contributed by atoms with Crippen LogP contribution >= 0.6 is 0 Å². The molecule has 2 aromatic carbocycles. The van der Waals surface area contributed by atoms with Crippen LogP contribution in [0.3, 0.4) is 0 Å². The van der Waals surface area contributed by atoms with Gasteiger partial charge in [0.15, 0.2) is 0 Å². The molecule has 0 spiro atoms. The molecule has 5 nitrogen and oxygen atoms in total. The summed E-state index contributed by atoms with van der Waals surface area (Å²) in [5, 5.41) is 9.49. The predicted octanol–water partition coefficient (Wildman–Crippen LogP) is 4.32. The van der Waals surface area contributed by atoms with Crippen LogP contribution < -0.4 is 9.47 Å². The third-order valence-electron chi connectivity index (χ3n) is 5.88. The summed E-state index contributed by atoms with van der Waals surface area (Å²) in [6.07, 6.45) is 5.06. The maximum atomic E-state index is 12.2. The Bertz CT molecular complexity index is 964. The summed E-state index contributed by atoms with van der Waals surface area (Å²) in [6, 6.07) is 16.0. The number of nitrogens with zero attached hydrogens (tertiary/aromatic N) is 2. The zero-order valence-electron chi connectivity index (χ0n) is 16.5. The smallest absolute Gasteiger partial charge is 0.246 e. The molecule has 0 unspecified atom stereocenters. The van der Waals surface area contributed by atoms with Crippen LogP contribution in [-0.4, -0.2) is 36.1 Å². The SMILES string of the molecule is C=CC(=O)N1[C@@H]2CC[C@H]1C[C@@H](Oc1cc(C#N)cc(-c3ccccc3OC)c1)C2. The largest absolute Gasteiger partial charge is 0.496 e. The molecule has 0 radical (unpaired) electrons. The molecule has 2 aliphatic heterocycles. The van der Waals surface area contributed by atoms with E-state index in [0.717, 1.165) is 42.6 Å². The van der Waals surface area contributed by atoms with Crippen molar-refractivity contribution in [2.45, 2.75) is 43.9 Å². The number of amides is 1. The van der Waals surface area contributed by atoms with Crippen LogP contribution in [0, 0.1) is 11.3 Å². The maximum absolute atomic E-state index is 12.2. The second-order valence-electron chi connectivity index (χ2n) is 7.60. The van der Waals surface area contributed by atoms with Gasteiger partial charge in [0.2, 0.25) is 5.91 Å². The molecule has 0 saturated carbocycles. The van der Waals surface area contributed by atoms with Gasteiger partial charge in [-0.25, -0.2) is 0 Å². The Morgan fingerprint density at radius 1 is 1.21 bits per heavy atom. The van der Waals surface area contributed by atoms with E-state index in [2.05, 4.69) is 12.6 Å². The summed E-state index contributed by atoms with van der Waals surface area (Å²) in [7, 11) is 1.64. The number of benzene rings is 2. The van der Waals surface area contributed by atoms with Crippen LogP contribution in [0.2, 0.25) is 0 Å². The van der Waals surface area contributed by atoms with Crippen molar-refractivity contribution in [1.29, 1.82) is 5.26 Å². The first kappa shape index (κ1) is 19.1. The van der Waals surface area contributed by atoms with Crippen LogP contribution in [0.25, 0.3) is 11.1 Å². The Labute approximate surface area is 171 Å². The molecule has 2 bridgehead atoms. The fourth-order valence-corrected chi connectivity index (χ4v) is 4.65. The molecular formula is C24H24N2O3. The van der Waals surface area contributed by atoms with E-state index in [1.165, 1.54) is 6.08 Å². The molecule has 0 aromatic heterocycles. The van der Waals surface area contributed by atoms with Gasteiger partial charge in [-0.15, -0.1) is 0 Å². The van der Waals surface area contributed by atoms with Crippen molar-refractivity contribution >= 4 is 5.91 Å². The van der Waals surface area contributed by atoms with Crippen molar-refractivity contribution in [2.24, 2.45) is 0 Å². The average Bonchev–Trinajstić information content (AvgIpc) is 3.03. The summed E-state index contributed by atoms with van der Waals surface area (Å²) in [5.74, 6) is 1.45. The summed E-state index contributed by atoms with van der Waals surface area (Å²) in [4.78, 5) is 14.1. The number of ether oxygens (including phenoxy) is 2. The van der Waals surface area contributed by atoms with Crippen LogP contribution in [0.5, 0.6) is 11.5 Å². The molecule has 2 heterocycles. The van der Waals surface area contributed by atoms with E-state index in [0.29, 0.717) is 11.3 Å². The molecule has 2 saturated heterocycles. The van der Waals surface area contributed by atoms with Crippen molar-refractivity contribution in [2.75, 3.05) is 7.11 Å². The van der Waals surface area contributed by atoms with Crippen molar-refractivity contribution in [3.63, 3.8) is 0 Å². The zero-order valence-corrected chi connectivity index (χ0v) is 16.5. The van der Waals surface area contributed by atoms with Crippen molar-refractivity contribution < 1.29 is 14.3 Å². The normalized spacial score (nSPS) is 22.6. The van der Waals surface area contributed by atoms with E-state index in [1.54, 1.807) is 13.2 Å². The Kier molecular flexibility index (Phi) is 5.26. The summed E-state index contributed by atoms with van der Waals surface area (Å²) in [5.41, 5.74) is 2.35. The van der Waals surface area contributed by atoms with E-state index in [-0.39, 0.29) is 24.1 Å². The number of methoxy groups -OCH3 is 1. The third kappa shape index (κ3) is 3.71. The minimum absolute atomic E-state index is 0.0147. The highest BCUT2D eigenvalue weighted by atomic mass is 16.5. The minimum Gasteiger partial charge on any atom is -0.496 e. The monoisotopic (exact) mass is 388 g/mol. The summed E-state index contributed by atoms with van der Waals surface area (Å²) in [6.45, 7) is 3.63. The Morgan fingerprint density at radius 3 is 2.59 bits per heavy atom. The van der Waals surface area contributed by atoms with Crippen LogP contribution in [0.1, 0.15) is 31.2 Å². The fourth-order valence-electron chi connectivity index (χ4n) is 4.65. The average molecular weight is 388 g/mol. The quantitative estimate of drug-likeness (QED) is 0.716. The van der Waals surface area contributed by atoms with Gasteiger partial charge in [-0.05, 0) is 48.7 Å². The molecule has 5 heteroatoms. The van der Waals surface area contributed by atoms with E-state index < -0.39 is 0 Å². The number of para-hydroxylation sites is 1. The topological polar surface area (TPSA) is 62.6 Å². The molecule has 2 fully saturated rings. The highest BCUT2D eigenvalue weighted by Crippen LogP contribution is 2.38. The molecule has 29 heavy (non-hydrogen) atoms. The zero-order chi connectivity index (χ0) is 20.4. The van der Waals surface area contributed by atoms with Crippen LogP contribution in [0.15, 0.2) is 55.1 Å². The van der Waals surface area contributed by atoms with Gasteiger partial charge < -0.3 is 14.4 Å². The summed E-state index contributed by atoms with van der Waals surface area (Å²) < 4.78 is 11.8. The Hall–Kier alpha value is -3.26. The minimum atomic E-state index is 0.0147. The van der Waals surface area contributed by atoms with E-state index in [9.17, 15) is 10.1 Å². The fraction of sp³-hybridized carbons (Fsp3) is 0.333. The van der Waals surface area contributed by atoms with E-state index in [1.807, 2.05) is 41.3 Å². The Morgan fingerprint density at radius 2 is 1.93 bits per heavy atom.